The van der Waals surface area contributed by atoms with Crippen molar-refractivity contribution in [2.45, 2.75) is 26.3 Å². The minimum atomic E-state index is -0.235. The molecule has 0 saturated carbocycles. The van der Waals surface area contributed by atoms with Crippen molar-refractivity contribution in [3.05, 3.63) is 34.2 Å². The Labute approximate surface area is 118 Å². The molecule has 20 heavy (non-hydrogen) atoms. The Morgan fingerprint density at radius 2 is 2.10 bits per heavy atom. The number of amides is 1. The van der Waals surface area contributed by atoms with Crippen molar-refractivity contribution in [2.24, 2.45) is 0 Å². The summed E-state index contributed by atoms with van der Waals surface area (Å²) >= 11 is 0. The molecule has 0 atom stereocenters. The molecule has 6 heteroatoms. The lowest BCUT2D eigenvalue weighted by Crippen LogP contribution is -2.33. The zero-order chi connectivity index (χ0) is 14.9. The second kappa shape index (κ2) is 5.49. The molecule has 0 saturated heterocycles. The molecule has 0 aliphatic heterocycles. The monoisotopic (exact) mass is 271 g/mol. The standard InChI is InChI=1S/C14H18BN3O2/c1-8(2)13-11-6-9(15)4-5-10(11)14(20)18(17-13)7-12(19)16-3/h4-6,8H,7,15H2,1-3H3,(H,16,19). The van der Waals surface area contributed by atoms with Crippen LogP contribution in [0.1, 0.15) is 25.5 Å². The summed E-state index contributed by atoms with van der Waals surface area (Å²) in [6, 6.07) is 5.68. The summed E-state index contributed by atoms with van der Waals surface area (Å²) in [4.78, 5) is 23.9. The molecule has 1 amide bonds. The Morgan fingerprint density at radius 1 is 1.40 bits per heavy atom. The number of hydrogen-bond acceptors (Lipinski definition) is 3. The Morgan fingerprint density at radius 3 is 2.70 bits per heavy atom. The van der Waals surface area contributed by atoms with Crippen molar-refractivity contribution in [2.75, 3.05) is 7.05 Å². The first-order valence-corrected chi connectivity index (χ1v) is 6.66. The molecule has 0 aliphatic rings. The number of nitrogens with one attached hydrogen (secondary N) is 1. The minimum absolute atomic E-state index is 0.0567. The Balaban J connectivity index is 2.73. The molecule has 0 fully saturated rings. The van der Waals surface area contributed by atoms with Crippen LogP contribution in [0, 0.1) is 0 Å². The maximum Gasteiger partial charge on any atom is 0.275 e. The SMILES string of the molecule is Bc1ccc2c(=O)n(CC(=O)NC)nc(C(C)C)c2c1. The zero-order valence-electron chi connectivity index (χ0n) is 12.2. The quantitative estimate of drug-likeness (QED) is 0.767. The van der Waals surface area contributed by atoms with Crippen LogP contribution < -0.4 is 16.3 Å². The lowest BCUT2D eigenvalue weighted by Gasteiger charge is -2.13. The van der Waals surface area contributed by atoms with Crippen LogP contribution in [0.25, 0.3) is 10.8 Å². The molecule has 1 aromatic heterocycles. The third-order valence-electron chi connectivity index (χ3n) is 3.26. The summed E-state index contributed by atoms with van der Waals surface area (Å²) in [5.41, 5.74) is 1.70. The number of carbonyl (C=O) groups excluding carboxylic acids is 1. The van der Waals surface area contributed by atoms with Crippen molar-refractivity contribution in [1.29, 1.82) is 0 Å². The van der Waals surface area contributed by atoms with Crippen LogP contribution in [0.15, 0.2) is 23.0 Å². The minimum Gasteiger partial charge on any atom is -0.358 e. The summed E-state index contributed by atoms with van der Waals surface area (Å²) in [6.07, 6.45) is 0. The van der Waals surface area contributed by atoms with Gasteiger partial charge >= 0.3 is 0 Å². The summed E-state index contributed by atoms with van der Waals surface area (Å²) in [5.74, 6) is -0.0587. The first-order valence-electron chi connectivity index (χ1n) is 6.66. The van der Waals surface area contributed by atoms with Crippen LogP contribution in [-0.2, 0) is 11.3 Å². The molecular formula is C14H18BN3O2. The molecule has 5 nitrogen and oxygen atoms in total. The van der Waals surface area contributed by atoms with E-state index in [2.05, 4.69) is 10.4 Å². The van der Waals surface area contributed by atoms with E-state index in [1.807, 2.05) is 33.8 Å². The number of rotatable bonds is 3. The first-order chi connectivity index (χ1) is 9.43. The number of likely N-dealkylation sites (N-methyl/N-ethyl adjacent to an activating group) is 1. The van der Waals surface area contributed by atoms with Crippen molar-refractivity contribution in [1.82, 2.24) is 15.1 Å². The lowest BCUT2D eigenvalue weighted by atomic mass is 9.92. The van der Waals surface area contributed by atoms with E-state index in [1.165, 1.54) is 4.68 Å². The van der Waals surface area contributed by atoms with Gasteiger partial charge < -0.3 is 5.32 Å². The fourth-order valence-corrected chi connectivity index (χ4v) is 2.17. The highest BCUT2D eigenvalue weighted by atomic mass is 16.2. The summed E-state index contributed by atoms with van der Waals surface area (Å²) in [7, 11) is 3.53. The van der Waals surface area contributed by atoms with Gasteiger partial charge in [0, 0.05) is 12.4 Å². The molecule has 1 heterocycles. The van der Waals surface area contributed by atoms with Crippen LogP contribution in [0.3, 0.4) is 0 Å². The van der Waals surface area contributed by atoms with Gasteiger partial charge in [-0.2, -0.15) is 5.10 Å². The predicted octanol–water partition coefficient (Wildman–Crippen LogP) is -0.476. The van der Waals surface area contributed by atoms with Crippen LogP contribution >= 0.6 is 0 Å². The number of benzene rings is 1. The van der Waals surface area contributed by atoms with Crippen LogP contribution in [0.4, 0.5) is 0 Å². The summed E-state index contributed by atoms with van der Waals surface area (Å²) in [5, 5.41) is 8.36. The molecule has 0 spiro atoms. The fourth-order valence-electron chi connectivity index (χ4n) is 2.17. The van der Waals surface area contributed by atoms with Gasteiger partial charge in [-0.3, -0.25) is 9.59 Å². The van der Waals surface area contributed by atoms with Crippen molar-refractivity contribution >= 4 is 30.0 Å². The second-order valence-electron chi connectivity index (χ2n) is 5.22. The van der Waals surface area contributed by atoms with Gasteiger partial charge in [0.25, 0.3) is 5.56 Å². The molecule has 2 aromatic rings. The Hall–Kier alpha value is -2.11. The highest BCUT2D eigenvalue weighted by Gasteiger charge is 2.14. The van der Waals surface area contributed by atoms with Gasteiger partial charge in [-0.15, -0.1) is 0 Å². The molecule has 0 unspecified atom stereocenters. The zero-order valence-corrected chi connectivity index (χ0v) is 12.2. The van der Waals surface area contributed by atoms with Crippen molar-refractivity contribution < 1.29 is 4.79 Å². The van der Waals surface area contributed by atoms with E-state index in [-0.39, 0.29) is 23.9 Å². The average molecular weight is 271 g/mol. The second-order valence-corrected chi connectivity index (χ2v) is 5.22. The molecule has 1 N–H and O–H groups in total. The smallest absolute Gasteiger partial charge is 0.275 e. The predicted molar refractivity (Wildman–Crippen MR) is 82.3 cm³/mol. The van der Waals surface area contributed by atoms with E-state index >= 15 is 0 Å². The number of fused-ring (bicyclic) bond motifs is 1. The van der Waals surface area contributed by atoms with Crippen LogP contribution in [0.2, 0.25) is 0 Å². The van der Waals surface area contributed by atoms with E-state index in [9.17, 15) is 9.59 Å². The fraction of sp³-hybridized carbons (Fsp3) is 0.357. The molecule has 1 aromatic carbocycles. The third kappa shape index (κ3) is 2.59. The molecule has 0 bridgehead atoms. The first kappa shape index (κ1) is 14.3. The van der Waals surface area contributed by atoms with E-state index in [0.29, 0.717) is 5.39 Å². The van der Waals surface area contributed by atoms with Crippen molar-refractivity contribution in [3.63, 3.8) is 0 Å². The summed E-state index contributed by atoms with van der Waals surface area (Å²) < 4.78 is 1.24. The van der Waals surface area contributed by atoms with Gasteiger partial charge in [0.15, 0.2) is 0 Å². The highest BCUT2D eigenvalue weighted by molar-refractivity contribution is 6.33. The number of hydrogen-bond donors (Lipinski definition) is 1. The van der Waals surface area contributed by atoms with E-state index < -0.39 is 0 Å². The van der Waals surface area contributed by atoms with Gasteiger partial charge in [-0.05, 0) is 12.0 Å². The normalized spacial score (nSPS) is 11.0. The number of aromatic nitrogens is 2. The summed E-state index contributed by atoms with van der Waals surface area (Å²) in [6.45, 7) is 4.00. The maximum atomic E-state index is 12.4. The van der Waals surface area contributed by atoms with Crippen LogP contribution in [0.5, 0.6) is 0 Å². The van der Waals surface area contributed by atoms with Crippen LogP contribution in [-0.4, -0.2) is 30.6 Å². The highest BCUT2D eigenvalue weighted by Crippen LogP contribution is 2.19. The Bertz CT molecular complexity index is 722. The number of nitrogens with zero attached hydrogens (tertiary/aromatic N) is 2. The molecule has 2 rings (SSSR count). The lowest BCUT2D eigenvalue weighted by molar-refractivity contribution is -0.121. The Kier molecular flexibility index (Phi) is 3.92. The van der Waals surface area contributed by atoms with Gasteiger partial charge in [-0.25, -0.2) is 4.68 Å². The van der Waals surface area contributed by atoms with Crippen molar-refractivity contribution in [3.8, 4) is 0 Å². The van der Waals surface area contributed by atoms with Gasteiger partial charge in [0.1, 0.15) is 14.4 Å². The van der Waals surface area contributed by atoms with Gasteiger partial charge in [0.2, 0.25) is 5.91 Å². The average Bonchev–Trinajstić information content (AvgIpc) is 2.41. The third-order valence-corrected chi connectivity index (χ3v) is 3.26. The van der Waals surface area contributed by atoms with Gasteiger partial charge in [-0.1, -0.05) is 31.4 Å². The number of carbonyl (C=O) groups is 1. The topological polar surface area (TPSA) is 64.0 Å². The van der Waals surface area contributed by atoms with E-state index in [4.69, 9.17) is 0 Å². The molecule has 104 valence electrons. The largest absolute Gasteiger partial charge is 0.358 e. The van der Waals surface area contributed by atoms with E-state index in [1.54, 1.807) is 13.1 Å². The van der Waals surface area contributed by atoms with Gasteiger partial charge in [0.05, 0.1) is 11.1 Å². The molecule has 0 radical (unpaired) electrons. The molecular weight excluding hydrogens is 253 g/mol. The van der Waals surface area contributed by atoms with E-state index in [0.717, 1.165) is 16.5 Å². The maximum absolute atomic E-state index is 12.4. The molecule has 0 aliphatic carbocycles.